The summed E-state index contributed by atoms with van der Waals surface area (Å²) < 4.78 is 25.8. The van der Waals surface area contributed by atoms with E-state index in [1.807, 2.05) is 30.3 Å². The van der Waals surface area contributed by atoms with Crippen molar-refractivity contribution in [3.63, 3.8) is 0 Å². The minimum Gasteiger partial charge on any atom is -0.493 e. The molecular formula is C25H22FN5O3S. The number of ether oxygens (including phenoxy) is 2. The zero-order valence-electron chi connectivity index (χ0n) is 19.0. The molecule has 178 valence electrons. The molecule has 4 aromatic rings. The molecule has 0 bridgehead atoms. The van der Waals surface area contributed by atoms with Crippen molar-refractivity contribution in [2.45, 2.75) is 6.42 Å². The summed E-state index contributed by atoms with van der Waals surface area (Å²) in [4.78, 5) is 22.5. The molecule has 0 saturated heterocycles. The SMILES string of the molecule is COc1cc2ncnc(Nc3ccc(N(C(=O)Cc4ccccc4)C(N)=S)cc3F)c2cc1OC. The first-order chi connectivity index (χ1) is 16.9. The zero-order valence-corrected chi connectivity index (χ0v) is 19.8. The van der Waals surface area contributed by atoms with Crippen LogP contribution in [0.5, 0.6) is 11.5 Å². The van der Waals surface area contributed by atoms with E-state index in [-0.39, 0.29) is 28.8 Å². The maximum Gasteiger partial charge on any atom is 0.237 e. The Morgan fingerprint density at radius 2 is 1.77 bits per heavy atom. The predicted molar refractivity (Wildman–Crippen MR) is 137 cm³/mol. The van der Waals surface area contributed by atoms with Gasteiger partial charge in [0.1, 0.15) is 18.0 Å². The zero-order chi connectivity index (χ0) is 24.9. The number of halogens is 1. The summed E-state index contributed by atoms with van der Waals surface area (Å²) in [6.07, 6.45) is 1.43. The Bertz CT molecular complexity index is 1400. The molecular weight excluding hydrogens is 469 g/mol. The molecule has 0 radical (unpaired) electrons. The summed E-state index contributed by atoms with van der Waals surface area (Å²) in [6, 6.07) is 16.8. The Kier molecular flexibility index (Phi) is 7.02. The summed E-state index contributed by atoms with van der Waals surface area (Å²) in [5.74, 6) is 0.375. The van der Waals surface area contributed by atoms with Crippen LogP contribution in [0, 0.1) is 5.82 Å². The highest BCUT2D eigenvalue weighted by Crippen LogP contribution is 2.35. The molecule has 1 heterocycles. The van der Waals surface area contributed by atoms with Crippen molar-refractivity contribution < 1.29 is 18.7 Å². The maximum absolute atomic E-state index is 15.1. The molecule has 4 rings (SSSR count). The molecule has 0 aliphatic heterocycles. The molecule has 3 aromatic carbocycles. The number of anilines is 3. The summed E-state index contributed by atoms with van der Waals surface area (Å²) in [6.45, 7) is 0. The number of carbonyl (C=O) groups excluding carboxylic acids is 1. The third-order valence-corrected chi connectivity index (χ3v) is 5.46. The highest BCUT2D eigenvalue weighted by Gasteiger charge is 2.21. The molecule has 0 fully saturated rings. The van der Waals surface area contributed by atoms with E-state index in [9.17, 15) is 4.79 Å². The topological polar surface area (TPSA) is 103 Å². The van der Waals surface area contributed by atoms with E-state index < -0.39 is 5.82 Å². The lowest BCUT2D eigenvalue weighted by molar-refractivity contribution is -0.117. The molecule has 1 aromatic heterocycles. The number of nitrogens with two attached hydrogens (primary N) is 1. The second kappa shape index (κ2) is 10.3. The fourth-order valence-electron chi connectivity index (χ4n) is 3.60. The summed E-state index contributed by atoms with van der Waals surface area (Å²) in [5, 5.41) is 3.41. The quantitative estimate of drug-likeness (QED) is 0.368. The van der Waals surface area contributed by atoms with Gasteiger partial charge in [0.25, 0.3) is 0 Å². The molecule has 1 amide bonds. The average Bonchev–Trinajstić information content (AvgIpc) is 2.85. The van der Waals surface area contributed by atoms with Gasteiger partial charge in [-0.3, -0.25) is 9.69 Å². The van der Waals surface area contributed by atoms with E-state index in [0.717, 1.165) is 10.5 Å². The van der Waals surface area contributed by atoms with Crippen molar-refractivity contribution in [2.24, 2.45) is 5.73 Å². The van der Waals surface area contributed by atoms with Crippen LogP contribution in [0.2, 0.25) is 0 Å². The number of fused-ring (bicyclic) bond motifs is 1. The van der Waals surface area contributed by atoms with Crippen LogP contribution in [-0.2, 0) is 11.2 Å². The number of thiocarbonyl (C=S) groups is 1. The van der Waals surface area contributed by atoms with Crippen LogP contribution in [0.4, 0.5) is 21.6 Å². The fraction of sp³-hybridized carbons (Fsp3) is 0.120. The van der Waals surface area contributed by atoms with Gasteiger partial charge < -0.3 is 20.5 Å². The number of benzene rings is 3. The van der Waals surface area contributed by atoms with Crippen molar-refractivity contribution >= 4 is 51.3 Å². The average molecular weight is 492 g/mol. The number of nitrogens with one attached hydrogen (secondary N) is 1. The largest absolute Gasteiger partial charge is 0.493 e. The number of hydrogen-bond acceptors (Lipinski definition) is 7. The Balaban J connectivity index is 1.63. The molecule has 0 aliphatic rings. The lowest BCUT2D eigenvalue weighted by Crippen LogP contribution is -2.41. The lowest BCUT2D eigenvalue weighted by atomic mass is 10.1. The molecule has 0 unspecified atom stereocenters. The monoisotopic (exact) mass is 491 g/mol. The van der Waals surface area contributed by atoms with Crippen LogP contribution in [-0.4, -0.2) is 35.2 Å². The predicted octanol–water partition coefficient (Wildman–Crippen LogP) is 4.35. The molecule has 0 saturated carbocycles. The van der Waals surface area contributed by atoms with E-state index in [0.29, 0.717) is 28.2 Å². The number of aromatic nitrogens is 2. The van der Waals surface area contributed by atoms with Crippen LogP contribution in [0.25, 0.3) is 10.9 Å². The van der Waals surface area contributed by atoms with Crippen LogP contribution in [0.3, 0.4) is 0 Å². The molecule has 0 aliphatic carbocycles. The maximum atomic E-state index is 15.1. The van der Waals surface area contributed by atoms with E-state index in [4.69, 9.17) is 27.4 Å². The standard InChI is InChI=1S/C25H22FN5O3S/c1-33-21-12-17-20(13-22(21)34-2)28-14-29-24(17)30-19-9-8-16(11-18(19)26)31(25(27)35)23(32)10-15-6-4-3-5-7-15/h3-9,11-14H,10H2,1-2H3,(H2,27,35)(H,28,29,30). The minimum atomic E-state index is -0.622. The van der Waals surface area contributed by atoms with Crippen LogP contribution in [0.1, 0.15) is 5.56 Å². The Labute approximate surface area is 206 Å². The Morgan fingerprint density at radius 3 is 2.43 bits per heavy atom. The van der Waals surface area contributed by atoms with E-state index in [1.54, 1.807) is 18.2 Å². The smallest absolute Gasteiger partial charge is 0.237 e. The highest BCUT2D eigenvalue weighted by molar-refractivity contribution is 7.80. The molecule has 8 nitrogen and oxygen atoms in total. The van der Waals surface area contributed by atoms with Gasteiger partial charge in [-0.2, -0.15) is 0 Å². The van der Waals surface area contributed by atoms with Gasteiger partial charge in [0.05, 0.1) is 37.5 Å². The van der Waals surface area contributed by atoms with Gasteiger partial charge in [0.15, 0.2) is 16.6 Å². The van der Waals surface area contributed by atoms with E-state index in [2.05, 4.69) is 15.3 Å². The Morgan fingerprint density at radius 1 is 1.06 bits per heavy atom. The van der Waals surface area contributed by atoms with Crippen LogP contribution in [0.15, 0.2) is 67.0 Å². The van der Waals surface area contributed by atoms with Gasteiger partial charge in [-0.05, 0) is 36.0 Å². The minimum absolute atomic E-state index is 0.0675. The van der Waals surface area contributed by atoms with Gasteiger partial charge in [-0.15, -0.1) is 0 Å². The fourth-order valence-corrected chi connectivity index (χ4v) is 3.81. The summed E-state index contributed by atoms with van der Waals surface area (Å²) in [5.41, 5.74) is 7.55. The van der Waals surface area contributed by atoms with Gasteiger partial charge in [-0.25, -0.2) is 14.4 Å². The summed E-state index contributed by atoms with van der Waals surface area (Å²) in [7, 11) is 3.05. The lowest BCUT2D eigenvalue weighted by Gasteiger charge is -2.22. The van der Waals surface area contributed by atoms with Crippen LogP contribution < -0.4 is 25.4 Å². The first-order valence-corrected chi connectivity index (χ1v) is 10.9. The number of carbonyl (C=O) groups is 1. The first-order valence-electron chi connectivity index (χ1n) is 10.5. The van der Waals surface area contributed by atoms with Gasteiger partial charge in [-0.1, -0.05) is 30.3 Å². The Hall–Kier alpha value is -4.31. The van der Waals surface area contributed by atoms with Gasteiger partial charge in [0.2, 0.25) is 5.91 Å². The second-order valence-electron chi connectivity index (χ2n) is 7.47. The molecule has 0 spiro atoms. The number of nitrogens with zero attached hydrogens (tertiary/aromatic N) is 3. The number of hydrogen-bond donors (Lipinski definition) is 2. The van der Waals surface area contributed by atoms with Crippen molar-refractivity contribution in [3.05, 3.63) is 78.4 Å². The van der Waals surface area contributed by atoms with E-state index in [1.165, 1.54) is 32.7 Å². The molecule has 3 N–H and O–H groups in total. The number of rotatable bonds is 7. The third-order valence-electron chi connectivity index (χ3n) is 5.27. The molecule has 0 atom stereocenters. The van der Waals surface area contributed by atoms with Crippen molar-refractivity contribution in [2.75, 3.05) is 24.4 Å². The summed E-state index contributed by atoms with van der Waals surface area (Å²) >= 11 is 5.08. The third kappa shape index (κ3) is 5.12. The normalized spacial score (nSPS) is 10.6. The number of amides is 1. The molecule has 10 heteroatoms. The van der Waals surface area contributed by atoms with Crippen molar-refractivity contribution in [1.29, 1.82) is 0 Å². The second-order valence-corrected chi connectivity index (χ2v) is 7.88. The van der Waals surface area contributed by atoms with Crippen molar-refractivity contribution in [1.82, 2.24) is 9.97 Å². The molecule has 35 heavy (non-hydrogen) atoms. The van der Waals surface area contributed by atoms with Crippen LogP contribution >= 0.6 is 12.2 Å². The van der Waals surface area contributed by atoms with Crippen molar-refractivity contribution in [3.8, 4) is 11.5 Å². The van der Waals surface area contributed by atoms with Gasteiger partial charge >= 0.3 is 0 Å². The van der Waals surface area contributed by atoms with Gasteiger partial charge in [0, 0.05) is 17.5 Å². The van der Waals surface area contributed by atoms with E-state index >= 15 is 4.39 Å². The number of methoxy groups -OCH3 is 2. The first kappa shape index (κ1) is 23.8. The highest BCUT2D eigenvalue weighted by atomic mass is 32.1.